The van der Waals surface area contributed by atoms with Crippen LogP contribution in [0.5, 0.6) is 11.5 Å². The van der Waals surface area contributed by atoms with Crippen molar-refractivity contribution in [1.82, 2.24) is 4.98 Å². The van der Waals surface area contributed by atoms with E-state index in [0.29, 0.717) is 17.1 Å². The Morgan fingerprint density at radius 2 is 1.93 bits per heavy atom. The number of nitrogens with zero attached hydrogens (tertiary/aromatic N) is 1. The van der Waals surface area contributed by atoms with E-state index in [9.17, 15) is 4.79 Å². The maximum Gasteiger partial charge on any atom is 0.255 e. The number of thioether (sulfide) groups is 1. The second kappa shape index (κ2) is 9.98. The molecule has 0 saturated heterocycles. The third-order valence-corrected chi connectivity index (χ3v) is 5.01. The van der Waals surface area contributed by atoms with Crippen LogP contribution >= 0.6 is 11.8 Å². The number of rotatable bonds is 8. The van der Waals surface area contributed by atoms with Crippen molar-refractivity contribution in [2.45, 2.75) is 30.7 Å². The molecule has 150 valence electrons. The molecule has 0 fully saturated rings. The number of methoxy groups -OCH3 is 1. The van der Waals surface area contributed by atoms with Crippen LogP contribution in [-0.4, -0.2) is 24.1 Å². The van der Waals surface area contributed by atoms with E-state index in [0.717, 1.165) is 22.0 Å². The molecule has 0 atom stereocenters. The minimum absolute atomic E-state index is 0.0234. The highest BCUT2D eigenvalue weighted by molar-refractivity contribution is 7.98. The molecule has 1 N–H and O–H groups in total. The van der Waals surface area contributed by atoms with Gasteiger partial charge in [0.1, 0.15) is 0 Å². The van der Waals surface area contributed by atoms with E-state index in [4.69, 9.17) is 9.47 Å². The lowest BCUT2D eigenvalue weighted by Crippen LogP contribution is -2.13. The summed E-state index contributed by atoms with van der Waals surface area (Å²) >= 11 is 1.65. The maximum atomic E-state index is 12.7. The standard InChI is InChI=1S/C23H24N2O3S/c1-16(2)28-20-11-10-18(14-21(20)27-3)23(26)25-19-8-6-7-17(13-19)15-29-22-9-4-5-12-24-22/h4-14,16H,15H2,1-3H3,(H,25,26). The molecule has 0 aliphatic rings. The van der Waals surface area contributed by atoms with Gasteiger partial charge in [-0.15, -0.1) is 11.8 Å². The Hall–Kier alpha value is -2.99. The summed E-state index contributed by atoms with van der Waals surface area (Å²) < 4.78 is 11.1. The Morgan fingerprint density at radius 3 is 2.66 bits per heavy atom. The summed E-state index contributed by atoms with van der Waals surface area (Å²) in [4.78, 5) is 17.0. The summed E-state index contributed by atoms with van der Waals surface area (Å²) in [5.74, 6) is 1.73. The number of nitrogens with one attached hydrogen (secondary N) is 1. The molecule has 3 aromatic rings. The number of amides is 1. The Labute approximate surface area is 175 Å². The molecule has 29 heavy (non-hydrogen) atoms. The number of pyridine rings is 1. The monoisotopic (exact) mass is 408 g/mol. The van der Waals surface area contributed by atoms with E-state index in [1.165, 1.54) is 0 Å². The van der Waals surface area contributed by atoms with Gasteiger partial charge in [-0.25, -0.2) is 4.98 Å². The molecule has 0 aliphatic carbocycles. The summed E-state index contributed by atoms with van der Waals surface area (Å²) in [6, 6.07) is 18.8. The topological polar surface area (TPSA) is 60.5 Å². The van der Waals surface area contributed by atoms with Gasteiger partial charge in [-0.1, -0.05) is 18.2 Å². The molecule has 6 heteroatoms. The van der Waals surface area contributed by atoms with Crippen LogP contribution in [-0.2, 0) is 5.75 Å². The highest BCUT2D eigenvalue weighted by Crippen LogP contribution is 2.29. The van der Waals surface area contributed by atoms with Gasteiger partial charge in [0.2, 0.25) is 0 Å². The molecule has 5 nitrogen and oxygen atoms in total. The highest BCUT2D eigenvalue weighted by atomic mass is 32.2. The van der Waals surface area contributed by atoms with E-state index in [-0.39, 0.29) is 12.0 Å². The summed E-state index contributed by atoms with van der Waals surface area (Å²) in [5, 5.41) is 3.92. The molecule has 2 aromatic carbocycles. The lowest BCUT2D eigenvalue weighted by atomic mass is 10.1. The summed E-state index contributed by atoms with van der Waals surface area (Å²) in [6.07, 6.45) is 1.81. The van der Waals surface area contributed by atoms with Crippen molar-refractivity contribution < 1.29 is 14.3 Å². The van der Waals surface area contributed by atoms with Gasteiger partial charge in [-0.05, 0) is 61.9 Å². The average molecular weight is 409 g/mol. The zero-order valence-corrected chi connectivity index (χ0v) is 17.5. The van der Waals surface area contributed by atoms with Crippen molar-refractivity contribution in [3.8, 4) is 11.5 Å². The highest BCUT2D eigenvalue weighted by Gasteiger charge is 2.12. The maximum absolute atomic E-state index is 12.7. The molecular weight excluding hydrogens is 384 g/mol. The fourth-order valence-corrected chi connectivity index (χ4v) is 3.50. The number of benzene rings is 2. The number of ether oxygens (including phenoxy) is 2. The summed E-state index contributed by atoms with van der Waals surface area (Å²) in [7, 11) is 1.56. The predicted octanol–water partition coefficient (Wildman–Crippen LogP) is 5.42. The molecule has 0 saturated carbocycles. The smallest absolute Gasteiger partial charge is 0.255 e. The van der Waals surface area contributed by atoms with Crippen molar-refractivity contribution in [3.63, 3.8) is 0 Å². The largest absolute Gasteiger partial charge is 0.493 e. The Bertz CT molecular complexity index is 961. The molecule has 1 amide bonds. The van der Waals surface area contributed by atoms with Crippen LogP contribution in [0.2, 0.25) is 0 Å². The number of aromatic nitrogens is 1. The molecule has 0 unspecified atom stereocenters. The number of carbonyl (C=O) groups excluding carboxylic acids is 1. The fourth-order valence-electron chi connectivity index (χ4n) is 2.69. The third kappa shape index (κ3) is 5.99. The third-order valence-electron chi connectivity index (χ3n) is 4.00. The van der Waals surface area contributed by atoms with Gasteiger partial charge < -0.3 is 14.8 Å². The van der Waals surface area contributed by atoms with Crippen LogP contribution in [0.25, 0.3) is 0 Å². The molecule has 1 heterocycles. The second-order valence-corrected chi connectivity index (χ2v) is 7.64. The van der Waals surface area contributed by atoms with Gasteiger partial charge >= 0.3 is 0 Å². The van der Waals surface area contributed by atoms with E-state index >= 15 is 0 Å². The minimum Gasteiger partial charge on any atom is -0.493 e. The zero-order valence-electron chi connectivity index (χ0n) is 16.7. The quantitative estimate of drug-likeness (QED) is 0.504. The first kappa shape index (κ1) is 20.7. The van der Waals surface area contributed by atoms with E-state index in [2.05, 4.69) is 10.3 Å². The molecule has 3 rings (SSSR count). The SMILES string of the molecule is COc1cc(C(=O)Nc2cccc(CSc3ccccn3)c2)ccc1OC(C)C. The van der Waals surface area contributed by atoms with Gasteiger partial charge in [0.05, 0.1) is 18.2 Å². The lowest BCUT2D eigenvalue weighted by Gasteiger charge is -2.14. The molecule has 0 radical (unpaired) electrons. The van der Waals surface area contributed by atoms with Gasteiger partial charge in [0.15, 0.2) is 11.5 Å². The van der Waals surface area contributed by atoms with Crippen LogP contribution in [0.3, 0.4) is 0 Å². The zero-order chi connectivity index (χ0) is 20.6. The van der Waals surface area contributed by atoms with E-state index < -0.39 is 0 Å². The first-order chi connectivity index (χ1) is 14.0. The van der Waals surface area contributed by atoms with Crippen molar-refractivity contribution in [2.75, 3.05) is 12.4 Å². The number of carbonyl (C=O) groups is 1. The van der Waals surface area contributed by atoms with Crippen molar-refractivity contribution in [2.24, 2.45) is 0 Å². The minimum atomic E-state index is -0.200. The normalized spacial score (nSPS) is 10.6. The van der Waals surface area contributed by atoms with E-state index in [1.54, 1.807) is 43.3 Å². The first-order valence-electron chi connectivity index (χ1n) is 9.34. The second-order valence-electron chi connectivity index (χ2n) is 6.64. The Balaban J connectivity index is 1.67. The summed E-state index contributed by atoms with van der Waals surface area (Å²) in [5.41, 5.74) is 2.36. The van der Waals surface area contributed by atoms with Crippen molar-refractivity contribution >= 4 is 23.4 Å². The number of hydrogen-bond acceptors (Lipinski definition) is 5. The predicted molar refractivity (Wildman–Crippen MR) is 117 cm³/mol. The van der Waals surface area contributed by atoms with Crippen LogP contribution in [0.4, 0.5) is 5.69 Å². The Kier molecular flexibility index (Phi) is 7.14. The summed E-state index contributed by atoms with van der Waals surface area (Å²) in [6.45, 7) is 3.89. The van der Waals surface area contributed by atoms with Gasteiger partial charge in [-0.3, -0.25) is 4.79 Å². The van der Waals surface area contributed by atoms with Crippen LogP contribution in [0.15, 0.2) is 71.9 Å². The van der Waals surface area contributed by atoms with Crippen LogP contribution < -0.4 is 14.8 Å². The molecular formula is C23H24N2O3S. The van der Waals surface area contributed by atoms with Gasteiger partial charge in [0, 0.05) is 23.2 Å². The molecule has 1 aromatic heterocycles. The molecule has 0 bridgehead atoms. The van der Waals surface area contributed by atoms with Gasteiger partial charge in [0.25, 0.3) is 5.91 Å². The molecule has 0 spiro atoms. The van der Waals surface area contributed by atoms with Crippen molar-refractivity contribution in [3.05, 3.63) is 78.0 Å². The van der Waals surface area contributed by atoms with Crippen molar-refractivity contribution in [1.29, 1.82) is 0 Å². The lowest BCUT2D eigenvalue weighted by molar-refractivity contribution is 0.102. The van der Waals surface area contributed by atoms with E-state index in [1.807, 2.05) is 56.3 Å². The molecule has 0 aliphatic heterocycles. The van der Waals surface area contributed by atoms with Crippen LogP contribution in [0.1, 0.15) is 29.8 Å². The number of hydrogen-bond donors (Lipinski definition) is 1. The Morgan fingerprint density at radius 1 is 1.07 bits per heavy atom. The number of anilines is 1. The average Bonchev–Trinajstić information content (AvgIpc) is 2.73. The first-order valence-corrected chi connectivity index (χ1v) is 10.3. The fraction of sp³-hybridized carbons (Fsp3) is 0.217. The van der Waals surface area contributed by atoms with Gasteiger partial charge in [-0.2, -0.15) is 0 Å². The van der Waals surface area contributed by atoms with Crippen LogP contribution in [0, 0.1) is 0 Å².